The van der Waals surface area contributed by atoms with Crippen molar-refractivity contribution in [2.75, 3.05) is 6.54 Å². The lowest BCUT2D eigenvalue weighted by Gasteiger charge is -2.27. The van der Waals surface area contributed by atoms with Crippen LogP contribution in [0.5, 0.6) is 0 Å². The molecule has 0 fully saturated rings. The number of nitrogens with one attached hydrogen (secondary N) is 1. The van der Waals surface area contributed by atoms with Gasteiger partial charge in [-0.2, -0.15) is 0 Å². The Kier molecular flexibility index (Phi) is 6.68. The van der Waals surface area contributed by atoms with Crippen LogP contribution in [0, 0.1) is 0 Å². The number of carbonyl (C=O) groups is 2. The first-order chi connectivity index (χ1) is 10.5. The summed E-state index contributed by atoms with van der Waals surface area (Å²) < 4.78 is 0. The van der Waals surface area contributed by atoms with Crippen LogP contribution in [0.1, 0.15) is 28.0 Å². The lowest BCUT2D eigenvalue weighted by molar-refractivity contribution is -0.123. The first-order valence-electron chi connectivity index (χ1n) is 6.80. The molecule has 1 aromatic heterocycles. The third kappa shape index (κ3) is 4.28. The molecule has 2 amide bonds. The van der Waals surface area contributed by atoms with Crippen molar-refractivity contribution in [1.29, 1.82) is 0 Å². The van der Waals surface area contributed by atoms with E-state index in [1.807, 2.05) is 6.07 Å². The number of benzene rings is 1. The fourth-order valence-corrected chi connectivity index (χ4v) is 2.79. The number of aromatic nitrogens is 1. The van der Waals surface area contributed by atoms with Crippen LogP contribution in [0.25, 0.3) is 0 Å². The van der Waals surface area contributed by atoms with E-state index in [1.54, 1.807) is 36.6 Å². The second-order valence-electron chi connectivity index (χ2n) is 4.97. The van der Waals surface area contributed by atoms with Crippen molar-refractivity contribution in [3.63, 3.8) is 0 Å². The molecule has 0 radical (unpaired) electrons. The molecule has 5 N–H and O–H groups in total. The Morgan fingerprint density at radius 1 is 1.30 bits per heavy atom. The van der Waals surface area contributed by atoms with Crippen molar-refractivity contribution >= 4 is 35.6 Å². The van der Waals surface area contributed by atoms with Gasteiger partial charge in [0.05, 0.1) is 5.01 Å². The zero-order valence-corrected chi connectivity index (χ0v) is 14.2. The van der Waals surface area contributed by atoms with E-state index in [4.69, 9.17) is 11.5 Å². The number of nitrogens with zero attached hydrogens (tertiary/aromatic N) is 1. The van der Waals surface area contributed by atoms with E-state index in [9.17, 15) is 9.59 Å². The molecule has 0 saturated heterocycles. The number of hydrogen-bond donors (Lipinski definition) is 3. The minimum atomic E-state index is -1.30. The van der Waals surface area contributed by atoms with Crippen molar-refractivity contribution in [2.24, 2.45) is 11.5 Å². The van der Waals surface area contributed by atoms with Crippen LogP contribution in [0.2, 0.25) is 0 Å². The maximum atomic E-state index is 12.3. The maximum Gasteiger partial charge on any atom is 0.271 e. The predicted octanol–water partition coefficient (Wildman–Crippen LogP) is 1.20. The number of carbonyl (C=O) groups excluding carboxylic acids is 2. The van der Waals surface area contributed by atoms with Gasteiger partial charge in [0.2, 0.25) is 5.91 Å². The zero-order chi connectivity index (χ0) is 16.2. The number of primary amides is 1. The van der Waals surface area contributed by atoms with Crippen LogP contribution in [0.4, 0.5) is 0 Å². The fourth-order valence-electron chi connectivity index (χ4n) is 1.99. The fraction of sp³-hybridized carbons (Fsp3) is 0.267. The summed E-state index contributed by atoms with van der Waals surface area (Å²) in [5.74, 6) is -1.07. The van der Waals surface area contributed by atoms with Crippen LogP contribution in [0.15, 0.2) is 35.7 Å². The first kappa shape index (κ1) is 19.1. The third-order valence-electron chi connectivity index (χ3n) is 3.35. The van der Waals surface area contributed by atoms with Crippen molar-refractivity contribution < 1.29 is 9.59 Å². The topological polar surface area (TPSA) is 111 Å². The highest BCUT2D eigenvalue weighted by Crippen LogP contribution is 2.21. The Hall–Kier alpha value is -1.96. The first-order valence-corrected chi connectivity index (χ1v) is 7.67. The van der Waals surface area contributed by atoms with Crippen LogP contribution in [-0.4, -0.2) is 23.3 Å². The summed E-state index contributed by atoms with van der Waals surface area (Å²) in [6.45, 7) is 2.05. The van der Waals surface area contributed by atoms with Gasteiger partial charge in [-0.25, -0.2) is 4.98 Å². The van der Waals surface area contributed by atoms with Gasteiger partial charge in [0.1, 0.15) is 11.2 Å². The average molecular weight is 355 g/mol. The van der Waals surface area contributed by atoms with E-state index in [-0.39, 0.29) is 18.1 Å². The van der Waals surface area contributed by atoms with Crippen LogP contribution in [0.3, 0.4) is 0 Å². The molecule has 2 rings (SSSR count). The summed E-state index contributed by atoms with van der Waals surface area (Å²) in [7, 11) is 0. The van der Waals surface area contributed by atoms with Gasteiger partial charge in [0.25, 0.3) is 5.91 Å². The molecule has 0 aliphatic rings. The average Bonchev–Trinajstić information content (AvgIpc) is 2.97. The molecule has 2 aromatic rings. The summed E-state index contributed by atoms with van der Waals surface area (Å²) >= 11 is 1.36. The molecule has 1 unspecified atom stereocenters. The lowest BCUT2D eigenvalue weighted by Crippen LogP contribution is -2.52. The maximum absolute atomic E-state index is 12.3. The number of hydrogen-bond acceptors (Lipinski definition) is 5. The largest absolute Gasteiger partial charge is 0.367 e. The molecule has 8 heteroatoms. The van der Waals surface area contributed by atoms with Gasteiger partial charge in [-0.05, 0) is 19.0 Å². The molecule has 0 bridgehead atoms. The molecule has 1 aromatic carbocycles. The molecule has 0 aliphatic heterocycles. The van der Waals surface area contributed by atoms with Crippen molar-refractivity contribution in [2.45, 2.75) is 18.9 Å². The van der Waals surface area contributed by atoms with Gasteiger partial charge < -0.3 is 16.8 Å². The van der Waals surface area contributed by atoms with Gasteiger partial charge in [0, 0.05) is 11.8 Å². The van der Waals surface area contributed by atoms with Crippen LogP contribution < -0.4 is 16.8 Å². The van der Waals surface area contributed by atoms with E-state index in [2.05, 4.69) is 10.3 Å². The van der Waals surface area contributed by atoms with E-state index in [0.29, 0.717) is 18.5 Å². The Morgan fingerprint density at radius 2 is 1.96 bits per heavy atom. The van der Waals surface area contributed by atoms with Crippen LogP contribution in [-0.2, 0) is 16.8 Å². The van der Waals surface area contributed by atoms with E-state index in [1.165, 1.54) is 11.3 Å². The highest BCUT2D eigenvalue weighted by atomic mass is 35.5. The molecular weight excluding hydrogens is 336 g/mol. The van der Waals surface area contributed by atoms with Gasteiger partial charge in [-0.1, -0.05) is 30.3 Å². The molecule has 0 aliphatic carbocycles. The second kappa shape index (κ2) is 8.05. The molecule has 23 heavy (non-hydrogen) atoms. The van der Waals surface area contributed by atoms with E-state index < -0.39 is 17.4 Å². The summed E-state index contributed by atoms with van der Waals surface area (Å²) in [6.07, 6.45) is 0.615. The van der Waals surface area contributed by atoms with E-state index in [0.717, 1.165) is 5.01 Å². The Morgan fingerprint density at radius 3 is 2.52 bits per heavy atom. The molecular formula is C15H19ClN4O2S. The lowest BCUT2D eigenvalue weighted by atomic mass is 9.91. The molecule has 124 valence electrons. The molecule has 1 atom stereocenters. The van der Waals surface area contributed by atoms with Gasteiger partial charge in [-0.3, -0.25) is 9.59 Å². The standard InChI is InChI=1S/C15H18N4O2S.ClH/c1-15(14(17)21,10-5-3-2-4-6-10)19-13(20)11-9-22-12(18-11)7-8-16;/h2-6,9H,7-8,16H2,1H3,(H2,17,21)(H,19,20);1H. The molecule has 0 saturated carbocycles. The summed E-state index contributed by atoms with van der Waals surface area (Å²) in [5.41, 5.74) is 10.5. The van der Waals surface area contributed by atoms with Crippen LogP contribution >= 0.6 is 23.7 Å². The summed E-state index contributed by atoms with van der Waals surface area (Å²) in [6, 6.07) is 8.87. The Labute approximate surface area is 144 Å². The number of thiazole rings is 1. The normalized spacial score (nSPS) is 12.8. The van der Waals surface area contributed by atoms with E-state index >= 15 is 0 Å². The van der Waals surface area contributed by atoms with Crippen molar-refractivity contribution in [3.8, 4) is 0 Å². The summed E-state index contributed by atoms with van der Waals surface area (Å²) in [5, 5.41) is 5.11. The van der Waals surface area contributed by atoms with Gasteiger partial charge >= 0.3 is 0 Å². The highest BCUT2D eigenvalue weighted by molar-refractivity contribution is 7.09. The van der Waals surface area contributed by atoms with Crippen molar-refractivity contribution in [3.05, 3.63) is 52.0 Å². The molecule has 6 nitrogen and oxygen atoms in total. The van der Waals surface area contributed by atoms with Gasteiger partial charge in [0.15, 0.2) is 0 Å². The SMILES string of the molecule is CC(NC(=O)c1csc(CCN)n1)(C(N)=O)c1ccccc1.Cl. The third-order valence-corrected chi connectivity index (χ3v) is 4.26. The number of amides is 2. The smallest absolute Gasteiger partial charge is 0.271 e. The monoisotopic (exact) mass is 354 g/mol. The predicted molar refractivity (Wildman–Crippen MR) is 92.6 cm³/mol. The van der Waals surface area contributed by atoms with Crippen molar-refractivity contribution in [1.82, 2.24) is 10.3 Å². The number of rotatable bonds is 6. The minimum absolute atomic E-state index is 0. The Balaban J connectivity index is 0.00000264. The summed E-state index contributed by atoms with van der Waals surface area (Å²) in [4.78, 5) is 28.4. The molecule has 1 heterocycles. The Bertz CT molecular complexity index is 677. The number of halogens is 1. The minimum Gasteiger partial charge on any atom is -0.367 e. The quantitative estimate of drug-likeness (QED) is 0.723. The second-order valence-corrected chi connectivity index (χ2v) is 5.92. The molecule has 0 spiro atoms. The number of nitrogens with two attached hydrogens (primary N) is 2. The highest BCUT2D eigenvalue weighted by Gasteiger charge is 2.35. The zero-order valence-electron chi connectivity index (χ0n) is 12.6. The van der Waals surface area contributed by atoms with Gasteiger partial charge in [-0.15, -0.1) is 23.7 Å².